The van der Waals surface area contributed by atoms with Crippen LogP contribution >= 0.6 is 0 Å². The maximum absolute atomic E-state index is 14.4. The van der Waals surface area contributed by atoms with Crippen LogP contribution in [0.4, 0.5) is 0 Å². The van der Waals surface area contributed by atoms with Crippen molar-refractivity contribution in [2.24, 2.45) is 40.2 Å². The number of hydrogen-bond acceptors (Lipinski definition) is 8. The van der Waals surface area contributed by atoms with E-state index in [2.05, 4.69) is 11.8 Å². The van der Waals surface area contributed by atoms with Crippen LogP contribution in [0.2, 0.25) is 0 Å². The van der Waals surface area contributed by atoms with Gasteiger partial charge in [0.25, 0.3) is 0 Å². The molecule has 0 saturated heterocycles. The molecular weight excluding hydrogens is 524 g/mol. The number of aliphatic hydroxyl groups excluding tert-OH is 2. The van der Waals surface area contributed by atoms with Gasteiger partial charge in [0, 0.05) is 5.41 Å². The number of carbonyl (C=O) groups is 3. The van der Waals surface area contributed by atoms with Crippen LogP contribution in [-0.4, -0.2) is 81.2 Å². The van der Waals surface area contributed by atoms with E-state index in [4.69, 9.17) is 5.73 Å². The summed E-state index contributed by atoms with van der Waals surface area (Å²) in [6.07, 6.45) is -2.95. The van der Waals surface area contributed by atoms with Crippen LogP contribution in [0.25, 0.3) is 0 Å². The highest BCUT2D eigenvalue weighted by atomic mass is 16.4. The Balaban J connectivity index is 1.97. The number of ketones is 2. The Morgan fingerprint density at radius 2 is 1.78 bits per heavy atom. The first-order chi connectivity index (χ1) is 18.8. The number of aromatic hydroxyl groups is 1. The molecule has 1 aromatic rings. The fourth-order valence-electron chi connectivity index (χ4n) is 8.53. The van der Waals surface area contributed by atoms with Gasteiger partial charge >= 0.3 is 0 Å². The molecule has 0 heterocycles. The van der Waals surface area contributed by atoms with Gasteiger partial charge in [-0.15, -0.1) is 0 Å². The molecule has 9 nitrogen and oxygen atoms in total. The Labute approximate surface area is 242 Å². The predicted octanol–water partition coefficient (Wildman–Crippen LogP) is 1.61. The number of nitrogens with zero attached hydrogens (tertiary/aromatic N) is 1. The number of benzene rings is 1. The van der Waals surface area contributed by atoms with Gasteiger partial charge in [0.15, 0.2) is 17.2 Å². The van der Waals surface area contributed by atoms with Crippen molar-refractivity contribution in [1.82, 2.24) is 4.90 Å². The van der Waals surface area contributed by atoms with E-state index in [1.54, 1.807) is 6.92 Å². The topological polar surface area (TPSA) is 161 Å². The number of Topliss-reactive ketones (excluding diaryl/α,β-unsaturated/α-hetero) is 2. The average Bonchev–Trinajstić information content (AvgIpc) is 2.81. The van der Waals surface area contributed by atoms with Gasteiger partial charge in [0.05, 0.1) is 29.7 Å². The molecule has 0 spiro atoms. The zero-order chi connectivity index (χ0) is 31.0. The molecule has 0 aliphatic heterocycles. The molecule has 0 aromatic heterocycles. The number of carbonyl (C=O) groups excluding carboxylic acids is 3. The molecule has 6 N–H and O–H groups in total. The van der Waals surface area contributed by atoms with E-state index < -0.39 is 63.9 Å². The number of primary amides is 1. The lowest BCUT2D eigenvalue weighted by atomic mass is 9.39. The van der Waals surface area contributed by atoms with E-state index >= 15 is 0 Å². The SMILES string of the molecule is CC(C)c1cc(C#CCN(C)C)c(O)c2c1C[C@]1(C)C[C@]3(C)[C@@H](C(C)C)C(O)[C@@H](C(N)=O)C(=O)[C@]3(O)C(O)[C@H]1C2=O. The zero-order valence-corrected chi connectivity index (χ0v) is 25.3. The van der Waals surface area contributed by atoms with Gasteiger partial charge in [0.2, 0.25) is 5.91 Å². The van der Waals surface area contributed by atoms with Crippen molar-refractivity contribution in [2.75, 3.05) is 20.6 Å². The molecule has 1 amide bonds. The van der Waals surface area contributed by atoms with Gasteiger partial charge in [-0.1, -0.05) is 53.4 Å². The normalized spacial score (nSPS) is 36.5. The Morgan fingerprint density at radius 1 is 1.17 bits per heavy atom. The van der Waals surface area contributed by atoms with E-state index in [1.807, 2.05) is 59.7 Å². The summed E-state index contributed by atoms with van der Waals surface area (Å²) in [7, 11) is 3.73. The van der Waals surface area contributed by atoms with Crippen molar-refractivity contribution < 1.29 is 34.8 Å². The summed E-state index contributed by atoms with van der Waals surface area (Å²) in [6.45, 7) is 11.6. The number of hydrogen-bond donors (Lipinski definition) is 5. The summed E-state index contributed by atoms with van der Waals surface area (Å²) >= 11 is 0. The smallest absolute Gasteiger partial charge is 0.230 e. The fourth-order valence-corrected chi connectivity index (χ4v) is 8.53. The molecule has 8 atom stereocenters. The number of rotatable bonds is 4. The number of amides is 1. The number of aliphatic hydroxyl groups is 3. The highest BCUT2D eigenvalue weighted by molar-refractivity contribution is 6.09. The van der Waals surface area contributed by atoms with Crippen LogP contribution in [0.3, 0.4) is 0 Å². The number of phenols is 1. The van der Waals surface area contributed by atoms with E-state index in [-0.39, 0.29) is 29.6 Å². The van der Waals surface area contributed by atoms with Crippen LogP contribution in [-0.2, 0) is 16.0 Å². The highest BCUT2D eigenvalue weighted by Crippen LogP contribution is 2.66. The number of phenolic OH excluding ortho intramolecular Hbond substituents is 1. The molecule has 41 heavy (non-hydrogen) atoms. The number of fused-ring (bicyclic) bond motifs is 3. The molecule has 1 aromatic carbocycles. The molecule has 3 aliphatic carbocycles. The van der Waals surface area contributed by atoms with Crippen molar-refractivity contribution in [3.8, 4) is 17.6 Å². The molecule has 9 heteroatoms. The Hall–Kier alpha value is -2.77. The van der Waals surface area contributed by atoms with E-state index in [1.165, 1.54) is 0 Å². The van der Waals surface area contributed by atoms with Crippen LogP contribution in [0.5, 0.6) is 5.75 Å². The Morgan fingerprint density at radius 3 is 2.29 bits per heavy atom. The Bertz CT molecular complexity index is 1360. The number of nitrogens with two attached hydrogens (primary N) is 1. The third-order valence-electron chi connectivity index (χ3n) is 10.1. The van der Waals surface area contributed by atoms with Crippen LogP contribution < -0.4 is 5.73 Å². The second kappa shape index (κ2) is 10.2. The molecule has 4 rings (SSSR count). The van der Waals surface area contributed by atoms with Gasteiger partial charge in [-0.2, -0.15) is 0 Å². The molecule has 0 radical (unpaired) electrons. The van der Waals surface area contributed by atoms with Crippen molar-refractivity contribution >= 4 is 17.5 Å². The minimum Gasteiger partial charge on any atom is -0.506 e. The van der Waals surface area contributed by atoms with Crippen molar-refractivity contribution in [3.05, 3.63) is 28.3 Å². The van der Waals surface area contributed by atoms with Crippen molar-refractivity contribution in [2.45, 2.75) is 78.1 Å². The fraction of sp³-hybridized carbons (Fsp3) is 0.656. The van der Waals surface area contributed by atoms with Crippen LogP contribution in [0.15, 0.2) is 6.07 Å². The average molecular weight is 569 g/mol. The maximum Gasteiger partial charge on any atom is 0.230 e. The maximum atomic E-state index is 14.4. The molecule has 2 saturated carbocycles. The first-order valence-electron chi connectivity index (χ1n) is 14.3. The largest absolute Gasteiger partial charge is 0.506 e. The Kier molecular flexibility index (Phi) is 7.75. The van der Waals surface area contributed by atoms with Gasteiger partial charge in [-0.25, -0.2) is 0 Å². The molecule has 2 unspecified atom stereocenters. The van der Waals surface area contributed by atoms with E-state index in [0.717, 1.165) is 5.56 Å². The monoisotopic (exact) mass is 568 g/mol. The van der Waals surface area contributed by atoms with Gasteiger partial charge in [0.1, 0.15) is 17.8 Å². The second-order valence-corrected chi connectivity index (χ2v) is 13.9. The standard InChI is InChI=1S/C32H44N2O7/c1-15(2)18-12-17(10-9-11-34(7)8)24(35)20-19(18)13-30(5)14-31(6)22(16(3)4)26(37)21(29(33)40)27(38)32(31,41)28(39)23(30)25(20)36/h12,15-16,21-23,26,28,35,37,39,41H,11,13-14H2,1-8H3,(H2,33,40)/t21-,22+,23-,26?,28?,30-,31-,32+/m1/s1. The molecule has 3 aliphatic rings. The predicted molar refractivity (Wildman–Crippen MR) is 153 cm³/mol. The minimum atomic E-state index is -2.53. The molecular formula is C32H44N2O7. The molecule has 0 bridgehead atoms. The van der Waals surface area contributed by atoms with E-state index in [0.29, 0.717) is 24.1 Å². The minimum absolute atomic E-state index is 0.00875. The lowest BCUT2D eigenvalue weighted by Gasteiger charge is -2.66. The first kappa shape index (κ1) is 31.2. The summed E-state index contributed by atoms with van der Waals surface area (Å²) in [5, 5.41) is 46.8. The lowest BCUT2D eigenvalue weighted by Crippen LogP contribution is -2.79. The van der Waals surface area contributed by atoms with Gasteiger partial charge in [-0.05, 0) is 67.3 Å². The highest BCUT2D eigenvalue weighted by Gasteiger charge is 2.75. The molecule has 2 fully saturated rings. The van der Waals surface area contributed by atoms with Crippen molar-refractivity contribution in [1.29, 1.82) is 0 Å². The van der Waals surface area contributed by atoms with Gasteiger partial charge in [-0.3, -0.25) is 19.3 Å². The molecule has 224 valence electrons. The van der Waals surface area contributed by atoms with Crippen LogP contribution in [0.1, 0.15) is 80.9 Å². The third kappa shape index (κ3) is 4.34. The summed E-state index contributed by atoms with van der Waals surface area (Å²) < 4.78 is 0. The zero-order valence-electron chi connectivity index (χ0n) is 25.3. The third-order valence-corrected chi connectivity index (χ3v) is 10.1. The summed E-state index contributed by atoms with van der Waals surface area (Å²) in [6, 6.07) is 1.82. The summed E-state index contributed by atoms with van der Waals surface area (Å²) in [5.41, 5.74) is 2.55. The van der Waals surface area contributed by atoms with Gasteiger partial charge < -0.3 is 26.2 Å². The summed E-state index contributed by atoms with van der Waals surface area (Å²) in [5.74, 6) is -1.13. The lowest BCUT2D eigenvalue weighted by molar-refractivity contribution is -0.265. The summed E-state index contributed by atoms with van der Waals surface area (Å²) in [4.78, 5) is 42.5. The second-order valence-electron chi connectivity index (χ2n) is 13.9. The van der Waals surface area contributed by atoms with Crippen molar-refractivity contribution in [3.63, 3.8) is 0 Å². The first-order valence-corrected chi connectivity index (χ1v) is 14.3. The van der Waals surface area contributed by atoms with Crippen LogP contribution in [0, 0.1) is 46.3 Å². The van der Waals surface area contributed by atoms with E-state index in [9.17, 15) is 34.8 Å². The quantitative estimate of drug-likeness (QED) is 0.270.